The van der Waals surface area contributed by atoms with Gasteiger partial charge in [-0.25, -0.2) is 0 Å². The minimum atomic E-state index is -0.0261. The van der Waals surface area contributed by atoms with Gasteiger partial charge >= 0.3 is 0 Å². The number of fused-ring (bicyclic) bond motifs is 1. The van der Waals surface area contributed by atoms with E-state index in [-0.39, 0.29) is 5.56 Å². The van der Waals surface area contributed by atoms with Crippen molar-refractivity contribution < 1.29 is 0 Å². The summed E-state index contributed by atoms with van der Waals surface area (Å²) in [4.78, 5) is 16.6. The number of hydrogen-bond donors (Lipinski definition) is 1. The van der Waals surface area contributed by atoms with Crippen LogP contribution in [0, 0.1) is 0 Å². The number of nitrogens with zero attached hydrogens (tertiary/aromatic N) is 5. The largest absolute Gasteiger partial charge is 0.368 e. The number of nitrogens with one attached hydrogen (secondary N) is 1. The second kappa shape index (κ2) is 6.07. The lowest BCUT2D eigenvalue weighted by atomic mass is 9.90. The highest BCUT2D eigenvalue weighted by atomic mass is 16.1. The van der Waals surface area contributed by atoms with E-state index in [9.17, 15) is 4.79 Å². The Bertz CT molecular complexity index is 907. The molecule has 4 heterocycles. The zero-order valence-corrected chi connectivity index (χ0v) is 13.6. The van der Waals surface area contributed by atoms with Crippen LogP contribution in [0.4, 0.5) is 5.69 Å². The van der Waals surface area contributed by atoms with Crippen LogP contribution < -0.4 is 10.5 Å². The Kier molecular flexibility index (Phi) is 3.76. The molecule has 0 radical (unpaired) electrons. The zero-order chi connectivity index (χ0) is 16.5. The Hall–Kier alpha value is -2.70. The predicted octanol–water partition coefficient (Wildman–Crippen LogP) is 1.76. The van der Waals surface area contributed by atoms with E-state index in [0.29, 0.717) is 5.92 Å². The number of pyridine rings is 1. The molecule has 1 aliphatic rings. The summed E-state index contributed by atoms with van der Waals surface area (Å²) >= 11 is 0. The molecule has 4 rings (SSSR count). The summed E-state index contributed by atoms with van der Waals surface area (Å²) in [6.45, 7) is 3.97. The highest BCUT2D eigenvalue weighted by molar-refractivity contribution is 5.68. The smallest absolute Gasteiger partial charge is 0.248 e. The maximum absolute atomic E-state index is 11.5. The standard InChI is InChI=1S/C17H20N6O/c1-2-14-10-15(17-20-19-11-23(17)21-14)22-7-4-12(5-8-22)13-3-6-18-16(24)9-13/h3,6,9-12H,2,4-5,7-8H2,1H3,(H,18,24). The van der Waals surface area contributed by atoms with Crippen molar-refractivity contribution in [1.29, 1.82) is 0 Å². The summed E-state index contributed by atoms with van der Waals surface area (Å²) in [7, 11) is 0. The monoisotopic (exact) mass is 324 g/mol. The van der Waals surface area contributed by atoms with Crippen molar-refractivity contribution in [2.24, 2.45) is 0 Å². The van der Waals surface area contributed by atoms with E-state index in [0.717, 1.165) is 54.9 Å². The van der Waals surface area contributed by atoms with Crippen LogP contribution in [0.5, 0.6) is 0 Å². The van der Waals surface area contributed by atoms with Crippen LogP contribution in [0.2, 0.25) is 0 Å². The lowest BCUT2D eigenvalue weighted by molar-refractivity contribution is 0.504. The minimum absolute atomic E-state index is 0.0261. The molecule has 7 nitrogen and oxygen atoms in total. The first-order valence-electron chi connectivity index (χ1n) is 8.38. The van der Waals surface area contributed by atoms with Crippen LogP contribution in [0.25, 0.3) is 5.65 Å². The van der Waals surface area contributed by atoms with Gasteiger partial charge in [-0.05, 0) is 42.9 Å². The molecule has 1 fully saturated rings. The Labute approximate surface area is 139 Å². The average molecular weight is 324 g/mol. The molecule has 0 atom stereocenters. The summed E-state index contributed by atoms with van der Waals surface area (Å²) in [6, 6.07) is 5.86. The average Bonchev–Trinajstić information content (AvgIpc) is 3.09. The van der Waals surface area contributed by atoms with E-state index < -0.39 is 0 Å². The fraction of sp³-hybridized carbons (Fsp3) is 0.412. The highest BCUT2D eigenvalue weighted by Gasteiger charge is 2.23. The molecule has 3 aromatic rings. The number of hydrogen-bond acceptors (Lipinski definition) is 5. The lowest BCUT2D eigenvalue weighted by Gasteiger charge is -2.33. The molecule has 3 aromatic heterocycles. The van der Waals surface area contributed by atoms with Gasteiger partial charge in [0.1, 0.15) is 6.33 Å². The molecule has 24 heavy (non-hydrogen) atoms. The van der Waals surface area contributed by atoms with Gasteiger partial charge in [-0.15, -0.1) is 10.2 Å². The van der Waals surface area contributed by atoms with Gasteiger partial charge < -0.3 is 9.88 Å². The molecular formula is C17H20N6O. The maximum atomic E-state index is 11.5. The first kappa shape index (κ1) is 14.9. The van der Waals surface area contributed by atoms with Crippen molar-refractivity contribution in [1.82, 2.24) is 24.8 Å². The summed E-state index contributed by atoms with van der Waals surface area (Å²) in [5.41, 5.74) is 4.05. The van der Waals surface area contributed by atoms with Crippen LogP contribution in [-0.2, 0) is 6.42 Å². The third-order valence-electron chi connectivity index (χ3n) is 4.77. The molecule has 0 spiro atoms. The summed E-state index contributed by atoms with van der Waals surface area (Å²) in [5, 5.41) is 12.7. The van der Waals surface area contributed by atoms with Gasteiger partial charge in [0, 0.05) is 25.4 Å². The van der Waals surface area contributed by atoms with Gasteiger partial charge in [-0.3, -0.25) is 4.79 Å². The van der Waals surface area contributed by atoms with Crippen LogP contribution >= 0.6 is 0 Å². The van der Waals surface area contributed by atoms with E-state index >= 15 is 0 Å². The molecule has 7 heteroatoms. The predicted molar refractivity (Wildman–Crippen MR) is 91.4 cm³/mol. The molecule has 1 N–H and O–H groups in total. The number of piperidine rings is 1. The molecule has 0 bridgehead atoms. The normalized spacial score (nSPS) is 16.0. The van der Waals surface area contributed by atoms with Crippen LogP contribution in [0.1, 0.15) is 36.9 Å². The Morgan fingerprint density at radius 1 is 1.29 bits per heavy atom. The van der Waals surface area contributed by atoms with E-state index in [4.69, 9.17) is 0 Å². The van der Waals surface area contributed by atoms with Crippen molar-refractivity contribution in [2.45, 2.75) is 32.1 Å². The van der Waals surface area contributed by atoms with E-state index in [1.165, 1.54) is 0 Å². The quantitative estimate of drug-likeness (QED) is 0.794. The molecule has 1 aliphatic heterocycles. The molecular weight excluding hydrogens is 304 g/mol. The molecule has 0 saturated carbocycles. The van der Waals surface area contributed by atoms with Crippen molar-refractivity contribution in [3.63, 3.8) is 0 Å². The molecule has 1 saturated heterocycles. The van der Waals surface area contributed by atoms with Crippen LogP contribution in [0.3, 0.4) is 0 Å². The number of H-pyrrole nitrogens is 1. The SMILES string of the molecule is CCc1cc(N2CCC(c3cc[nH]c(=O)c3)CC2)c2nncn2n1. The topological polar surface area (TPSA) is 79.2 Å². The number of rotatable bonds is 3. The zero-order valence-electron chi connectivity index (χ0n) is 13.6. The second-order valence-electron chi connectivity index (χ2n) is 6.22. The first-order chi connectivity index (χ1) is 11.7. The maximum Gasteiger partial charge on any atom is 0.248 e. The van der Waals surface area contributed by atoms with E-state index in [2.05, 4.69) is 38.2 Å². The van der Waals surface area contributed by atoms with Gasteiger partial charge in [-0.1, -0.05) is 6.92 Å². The summed E-state index contributed by atoms with van der Waals surface area (Å²) in [5.74, 6) is 0.435. The Morgan fingerprint density at radius 3 is 2.88 bits per heavy atom. The highest BCUT2D eigenvalue weighted by Crippen LogP contribution is 2.31. The fourth-order valence-corrected chi connectivity index (χ4v) is 3.44. The number of anilines is 1. The molecule has 124 valence electrons. The number of aryl methyl sites for hydroxylation is 1. The van der Waals surface area contributed by atoms with Crippen molar-refractivity contribution >= 4 is 11.3 Å². The van der Waals surface area contributed by atoms with E-state index in [1.807, 2.05) is 6.07 Å². The number of aromatic amines is 1. The van der Waals surface area contributed by atoms with Crippen molar-refractivity contribution in [3.8, 4) is 0 Å². The van der Waals surface area contributed by atoms with Crippen molar-refractivity contribution in [2.75, 3.05) is 18.0 Å². The van der Waals surface area contributed by atoms with Gasteiger partial charge in [-0.2, -0.15) is 9.61 Å². The van der Waals surface area contributed by atoms with Gasteiger partial charge in [0.2, 0.25) is 11.2 Å². The minimum Gasteiger partial charge on any atom is -0.368 e. The molecule has 0 amide bonds. The second-order valence-corrected chi connectivity index (χ2v) is 6.22. The van der Waals surface area contributed by atoms with Gasteiger partial charge in [0.15, 0.2) is 0 Å². The van der Waals surface area contributed by atoms with Gasteiger partial charge in [0.05, 0.1) is 11.4 Å². The lowest BCUT2D eigenvalue weighted by Crippen LogP contribution is -2.33. The third kappa shape index (κ3) is 2.66. The Balaban J connectivity index is 1.58. The third-order valence-corrected chi connectivity index (χ3v) is 4.77. The molecule has 0 aliphatic carbocycles. The fourth-order valence-electron chi connectivity index (χ4n) is 3.44. The van der Waals surface area contributed by atoms with Gasteiger partial charge in [0.25, 0.3) is 0 Å². The van der Waals surface area contributed by atoms with Crippen LogP contribution in [0.15, 0.2) is 35.5 Å². The Morgan fingerprint density at radius 2 is 2.12 bits per heavy atom. The molecule has 0 aromatic carbocycles. The van der Waals surface area contributed by atoms with Crippen molar-refractivity contribution in [3.05, 3.63) is 52.3 Å². The summed E-state index contributed by atoms with van der Waals surface area (Å²) < 4.78 is 1.76. The van der Waals surface area contributed by atoms with Crippen LogP contribution in [-0.4, -0.2) is 37.9 Å². The molecule has 0 unspecified atom stereocenters. The van der Waals surface area contributed by atoms with E-state index in [1.54, 1.807) is 23.1 Å². The number of aromatic nitrogens is 5. The summed E-state index contributed by atoms with van der Waals surface area (Å²) in [6.07, 6.45) is 6.31. The first-order valence-corrected chi connectivity index (χ1v) is 8.38.